The van der Waals surface area contributed by atoms with E-state index in [2.05, 4.69) is 19.2 Å². The maximum absolute atomic E-state index is 12.3. The smallest absolute Gasteiger partial charge is 0.410 e. The zero-order valence-electron chi connectivity index (χ0n) is 15.2. The van der Waals surface area contributed by atoms with Crippen molar-refractivity contribution in [2.24, 2.45) is 0 Å². The number of likely N-dealkylation sites (tertiary alicyclic amines) is 1. The molecule has 130 valence electrons. The van der Waals surface area contributed by atoms with E-state index < -0.39 is 5.60 Å². The number of carbonyl (C=O) groups is 1. The van der Waals surface area contributed by atoms with Crippen molar-refractivity contribution in [3.05, 3.63) is 0 Å². The SMILES string of the molecule is CCOC(C)(C)CNCC1CCCCN1C(=O)OC(C)(C)C. The van der Waals surface area contributed by atoms with Crippen LogP contribution in [0, 0.1) is 0 Å². The molecule has 0 bridgehead atoms. The molecular weight excluding hydrogens is 280 g/mol. The van der Waals surface area contributed by atoms with Gasteiger partial charge < -0.3 is 19.7 Å². The van der Waals surface area contributed by atoms with E-state index >= 15 is 0 Å². The molecule has 0 saturated carbocycles. The number of ether oxygens (including phenoxy) is 2. The predicted octanol–water partition coefficient (Wildman–Crippen LogP) is 3.18. The van der Waals surface area contributed by atoms with Crippen molar-refractivity contribution in [1.82, 2.24) is 10.2 Å². The van der Waals surface area contributed by atoms with Crippen molar-refractivity contribution in [3.63, 3.8) is 0 Å². The van der Waals surface area contributed by atoms with Crippen molar-refractivity contribution in [3.8, 4) is 0 Å². The minimum Gasteiger partial charge on any atom is -0.444 e. The van der Waals surface area contributed by atoms with Gasteiger partial charge in [0.15, 0.2) is 0 Å². The average molecular weight is 314 g/mol. The van der Waals surface area contributed by atoms with Crippen molar-refractivity contribution < 1.29 is 14.3 Å². The molecule has 5 nitrogen and oxygen atoms in total. The Hall–Kier alpha value is -0.810. The van der Waals surface area contributed by atoms with Gasteiger partial charge in [-0.05, 0) is 60.8 Å². The van der Waals surface area contributed by atoms with Crippen molar-refractivity contribution >= 4 is 6.09 Å². The van der Waals surface area contributed by atoms with E-state index in [-0.39, 0.29) is 17.7 Å². The van der Waals surface area contributed by atoms with Crippen LogP contribution in [0.5, 0.6) is 0 Å². The molecule has 0 aromatic rings. The highest BCUT2D eigenvalue weighted by Crippen LogP contribution is 2.20. The molecule has 0 aliphatic carbocycles. The van der Waals surface area contributed by atoms with Gasteiger partial charge in [-0.3, -0.25) is 0 Å². The molecule has 0 aromatic carbocycles. The van der Waals surface area contributed by atoms with Crippen LogP contribution in [-0.2, 0) is 9.47 Å². The molecule has 1 saturated heterocycles. The molecule has 1 atom stereocenters. The number of carbonyl (C=O) groups excluding carboxylic acids is 1. The van der Waals surface area contributed by atoms with Gasteiger partial charge >= 0.3 is 6.09 Å². The fraction of sp³-hybridized carbons (Fsp3) is 0.941. The lowest BCUT2D eigenvalue weighted by Crippen LogP contribution is -2.51. The van der Waals surface area contributed by atoms with E-state index in [0.29, 0.717) is 6.61 Å². The van der Waals surface area contributed by atoms with E-state index in [1.807, 2.05) is 32.6 Å². The minimum absolute atomic E-state index is 0.180. The third-order valence-corrected chi connectivity index (χ3v) is 3.72. The first-order chi connectivity index (χ1) is 10.1. The van der Waals surface area contributed by atoms with E-state index in [1.165, 1.54) is 6.42 Å². The van der Waals surface area contributed by atoms with E-state index in [9.17, 15) is 4.79 Å². The topological polar surface area (TPSA) is 50.8 Å². The van der Waals surface area contributed by atoms with Gasteiger partial charge in [-0.1, -0.05) is 0 Å². The molecule has 0 spiro atoms. The third-order valence-electron chi connectivity index (χ3n) is 3.72. The van der Waals surface area contributed by atoms with Crippen LogP contribution in [0.2, 0.25) is 0 Å². The number of amides is 1. The second-order valence-electron chi connectivity index (χ2n) is 7.65. The van der Waals surface area contributed by atoms with Gasteiger partial charge in [-0.25, -0.2) is 4.79 Å². The summed E-state index contributed by atoms with van der Waals surface area (Å²) in [4.78, 5) is 14.2. The molecule has 5 heteroatoms. The van der Waals surface area contributed by atoms with Crippen molar-refractivity contribution in [1.29, 1.82) is 0 Å². The van der Waals surface area contributed by atoms with Crippen LogP contribution in [0.3, 0.4) is 0 Å². The lowest BCUT2D eigenvalue weighted by Gasteiger charge is -2.37. The Morgan fingerprint density at radius 1 is 1.23 bits per heavy atom. The first-order valence-corrected chi connectivity index (χ1v) is 8.49. The first kappa shape index (κ1) is 19.2. The molecule has 22 heavy (non-hydrogen) atoms. The number of rotatable bonds is 6. The summed E-state index contributed by atoms with van der Waals surface area (Å²) >= 11 is 0. The number of nitrogens with one attached hydrogen (secondary N) is 1. The monoisotopic (exact) mass is 314 g/mol. The van der Waals surface area contributed by atoms with Gasteiger partial charge in [0.05, 0.1) is 5.60 Å². The number of hydrogen-bond acceptors (Lipinski definition) is 4. The Kier molecular flexibility index (Phi) is 7.13. The molecule has 1 amide bonds. The molecule has 0 radical (unpaired) electrons. The third kappa shape index (κ3) is 6.97. The average Bonchev–Trinajstić information content (AvgIpc) is 2.36. The van der Waals surface area contributed by atoms with Crippen LogP contribution in [-0.4, -0.2) is 54.5 Å². The number of hydrogen-bond donors (Lipinski definition) is 1. The highest BCUT2D eigenvalue weighted by molar-refractivity contribution is 5.68. The summed E-state index contributed by atoms with van der Waals surface area (Å²) in [5.74, 6) is 0. The molecule has 0 aromatic heterocycles. The minimum atomic E-state index is -0.441. The zero-order valence-corrected chi connectivity index (χ0v) is 15.2. The summed E-state index contributed by atoms with van der Waals surface area (Å²) in [5.41, 5.74) is -0.621. The summed E-state index contributed by atoms with van der Waals surface area (Å²) in [6.07, 6.45) is 3.06. The Morgan fingerprint density at radius 2 is 1.91 bits per heavy atom. The Labute approximate surface area is 135 Å². The molecule has 1 aliphatic heterocycles. The number of piperidine rings is 1. The number of nitrogens with zero attached hydrogens (tertiary/aromatic N) is 1. The summed E-state index contributed by atoms with van der Waals surface area (Å²) in [5, 5.41) is 3.45. The first-order valence-electron chi connectivity index (χ1n) is 8.49. The second-order valence-corrected chi connectivity index (χ2v) is 7.65. The van der Waals surface area contributed by atoms with Crippen molar-refractivity contribution in [2.45, 2.75) is 78.0 Å². The lowest BCUT2D eigenvalue weighted by molar-refractivity contribution is -0.0116. The standard InChI is InChI=1S/C17H34N2O3/c1-7-21-17(5,6)13-18-12-14-10-8-9-11-19(14)15(20)22-16(2,3)4/h14,18H,7-13H2,1-6H3. The summed E-state index contributed by atoms with van der Waals surface area (Å²) in [6, 6.07) is 0.209. The predicted molar refractivity (Wildman–Crippen MR) is 89.2 cm³/mol. The molecule has 1 N–H and O–H groups in total. The highest BCUT2D eigenvalue weighted by atomic mass is 16.6. The normalized spacial score (nSPS) is 20.1. The summed E-state index contributed by atoms with van der Waals surface area (Å²) in [7, 11) is 0. The zero-order chi connectivity index (χ0) is 16.8. The fourth-order valence-electron chi connectivity index (χ4n) is 2.76. The quantitative estimate of drug-likeness (QED) is 0.818. The van der Waals surface area contributed by atoms with Crippen LogP contribution in [0.4, 0.5) is 4.79 Å². The van der Waals surface area contributed by atoms with Crippen LogP contribution in [0.15, 0.2) is 0 Å². The maximum atomic E-state index is 12.3. The molecule has 1 heterocycles. The summed E-state index contributed by atoms with van der Waals surface area (Å²) < 4.78 is 11.2. The fourth-order valence-corrected chi connectivity index (χ4v) is 2.76. The van der Waals surface area contributed by atoms with Crippen LogP contribution >= 0.6 is 0 Å². The van der Waals surface area contributed by atoms with Crippen LogP contribution in [0.25, 0.3) is 0 Å². The Morgan fingerprint density at radius 3 is 2.50 bits per heavy atom. The van der Waals surface area contributed by atoms with Gasteiger partial charge in [-0.2, -0.15) is 0 Å². The van der Waals surface area contributed by atoms with Crippen LogP contribution < -0.4 is 5.32 Å². The maximum Gasteiger partial charge on any atom is 0.410 e. The van der Waals surface area contributed by atoms with E-state index in [4.69, 9.17) is 9.47 Å². The van der Waals surface area contributed by atoms with Gasteiger partial charge in [0, 0.05) is 32.3 Å². The van der Waals surface area contributed by atoms with E-state index in [0.717, 1.165) is 32.5 Å². The van der Waals surface area contributed by atoms with Gasteiger partial charge in [0.1, 0.15) is 5.60 Å². The largest absolute Gasteiger partial charge is 0.444 e. The molecule has 1 rings (SSSR count). The van der Waals surface area contributed by atoms with Gasteiger partial charge in [-0.15, -0.1) is 0 Å². The molecule has 1 fully saturated rings. The summed E-state index contributed by atoms with van der Waals surface area (Å²) in [6.45, 7) is 15.0. The second kappa shape index (κ2) is 8.16. The Balaban J connectivity index is 2.50. The van der Waals surface area contributed by atoms with Crippen LogP contribution in [0.1, 0.15) is 60.8 Å². The van der Waals surface area contributed by atoms with Gasteiger partial charge in [0.2, 0.25) is 0 Å². The van der Waals surface area contributed by atoms with E-state index in [1.54, 1.807) is 0 Å². The van der Waals surface area contributed by atoms with Gasteiger partial charge in [0.25, 0.3) is 0 Å². The van der Waals surface area contributed by atoms with Crippen molar-refractivity contribution in [2.75, 3.05) is 26.2 Å². The molecule has 1 unspecified atom stereocenters. The Bertz CT molecular complexity index is 350. The highest BCUT2D eigenvalue weighted by Gasteiger charge is 2.30. The molecular formula is C17H34N2O3. The molecule has 1 aliphatic rings. The lowest BCUT2D eigenvalue weighted by atomic mass is 10.0.